The van der Waals surface area contributed by atoms with Gasteiger partial charge in [-0.2, -0.15) is 0 Å². The van der Waals surface area contributed by atoms with Crippen LogP contribution >= 0.6 is 0 Å². The fourth-order valence-electron chi connectivity index (χ4n) is 26.7. The quantitative estimate of drug-likeness (QED) is 0.173. The first-order valence-corrected chi connectivity index (χ1v) is 28.5. The molecule has 1 heterocycles. The molecule has 0 radical (unpaired) electrons. The Morgan fingerprint density at radius 3 is 0.747 bits per heavy atom. The lowest BCUT2D eigenvalue weighted by atomic mass is 9.46. The molecule has 2 spiro atoms. The van der Waals surface area contributed by atoms with Crippen molar-refractivity contribution in [2.75, 3.05) is 0 Å². The molecule has 0 saturated carbocycles. The molecule has 4 aliphatic carbocycles. The zero-order chi connectivity index (χ0) is 45.2. The Balaban J connectivity index is 1.11. The van der Waals surface area contributed by atoms with E-state index in [1.165, 1.54) is 5.56 Å². The molecule has 29 aromatic carbocycles. The van der Waals surface area contributed by atoms with Crippen molar-refractivity contribution in [2.24, 2.45) is 5.92 Å². The summed E-state index contributed by atoms with van der Waals surface area (Å²) in [6.07, 6.45) is 6.45. The molecule has 2 unspecified atom stereocenters. The summed E-state index contributed by atoms with van der Waals surface area (Å²) in [5.74, 6) is 0.527. The SMILES string of the molecule is CC(C)CC1NC(/C=C/c2ccccc2)C23c4c5c6c7c8c9c(c%10c%11c2c2c4c4c%12c5c5c6c6c8c8c%13c9c9c%10c%10c%11c%11c2c2c4c4c%12c%12c5c5c6c8c6c8c%13c9c9c%10c%10c%11c2c2c4c4c%12c5c6c5c8c9c%10c2c45)C713. The Bertz CT molecular complexity index is 7350. The third-order valence-electron chi connectivity index (χ3n) is 26.8. The second kappa shape index (κ2) is 6.89. The molecule has 29 aromatic rings. The Hall–Kier alpha value is -8.62. The van der Waals surface area contributed by atoms with E-state index in [0.717, 1.165) is 6.42 Å². The molecule has 320 valence electrons. The molecule has 2 atom stereocenters. The van der Waals surface area contributed by atoms with Gasteiger partial charge in [-0.05, 0) is 331 Å². The third-order valence-corrected chi connectivity index (χ3v) is 26.8. The van der Waals surface area contributed by atoms with Crippen LogP contribution in [-0.4, -0.2) is 12.1 Å². The van der Waals surface area contributed by atoms with Gasteiger partial charge in [0, 0.05) is 12.1 Å². The summed E-state index contributed by atoms with van der Waals surface area (Å²) in [5.41, 5.74) is 7.76. The van der Waals surface area contributed by atoms with Crippen LogP contribution in [0.25, 0.3) is 297 Å². The van der Waals surface area contributed by atoms with Gasteiger partial charge in [-0.15, -0.1) is 0 Å². The van der Waals surface area contributed by atoms with Crippen LogP contribution in [0.4, 0.5) is 0 Å². The largest absolute Gasteiger partial charge is 0.305 e. The highest BCUT2D eigenvalue weighted by molar-refractivity contribution is 6.82. The van der Waals surface area contributed by atoms with Crippen molar-refractivity contribution >= 4 is 297 Å². The normalized spacial score (nSPS) is 24.0. The fourth-order valence-corrected chi connectivity index (χ4v) is 26.7. The van der Waals surface area contributed by atoms with E-state index in [2.05, 4.69) is 56.3 Å². The Kier molecular flexibility index (Phi) is 2.69. The summed E-state index contributed by atoms with van der Waals surface area (Å²) in [6, 6.07) is 11.7. The number of rotatable bonds is 4. The highest BCUT2D eigenvalue weighted by Crippen LogP contribution is 2.86. The lowest BCUT2D eigenvalue weighted by molar-refractivity contribution is 0.314. The first-order valence-electron chi connectivity index (χ1n) is 28.5. The van der Waals surface area contributed by atoms with E-state index >= 15 is 0 Å². The first kappa shape index (κ1) is 29.3. The average molecular weight is 922 g/mol. The van der Waals surface area contributed by atoms with Crippen molar-refractivity contribution < 1.29 is 0 Å². The van der Waals surface area contributed by atoms with Crippen LogP contribution in [0, 0.1) is 5.92 Å². The van der Waals surface area contributed by atoms with Gasteiger partial charge in [0.15, 0.2) is 0 Å². The topological polar surface area (TPSA) is 12.0 Å². The van der Waals surface area contributed by atoms with Crippen molar-refractivity contribution in [3.8, 4) is 0 Å². The average Bonchev–Trinajstić information content (AvgIpc) is 4.42. The molecule has 1 aliphatic heterocycles. The molecule has 0 bridgehead atoms. The van der Waals surface area contributed by atoms with E-state index in [9.17, 15) is 0 Å². The molecule has 1 fully saturated rings. The minimum atomic E-state index is -0.344. The number of benzene rings is 19. The maximum absolute atomic E-state index is 4.88. The van der Waals surface area contributed by atoms with Gasteiger partial charge in [-0.3, -0.25) is 0 Å². The molecule has 1 N–H and O–H groups in total. The molecular formula is C74H19N. The molecule has 1 nitrogen and oxygen atoms in total. The van der Waals surface area contributed by atoms with Crippen LogP contribution in [0.2, 0.25) is 0 Å². The number of nitrogens with one attached hydrogen (secondary N) is 1. The van der Waals surface area contributed by atoms with Crippen LogP contribution < -0.4 is 5.32 Å². The van der Waals surface area contributed by atoms with E-state index in [-0.39, 0.29) is 22.9 Å². The predicted molar refractivity (Wildman–Crippen MR) is 320 cm³/mol. The van der Waals surface area contributed by atoms with Crippen molar-refractivity contribution in [1.29, 1.82) is 0 Å². The second-order valence-electron chi connectivity index (χ2n) is 28.0. The van der Waals surface area contributed by atoms with Gasteiger partial charge in [-0.1, -0.05) is 56.3 Å². The van der Waals surface area contributed by atoms with Crippen LogP contribution in [0.15, 0.2) is 36.4 Å². The zero-order valence-electron chi connectivity index (χ0n) is 39.5. The van der Waals surface area contributed by atoms with Gasteiger partial charge in [-0.25, -0.2) is 0 Å². The monoisotopic (exact) mass is 921 g/mol. The smallest absolute Gasteiger partial charge is 0.0570 e. The second-order valence-corrected chi connectivity index (χ2v) is 28.0. The maximum Gasteiger partial charge on any atom is 0.0570 e. The van der Waals surface area contributed by atoms with E-state index in [0.29, 0.717) is 5.92 Å². The Labute approximate surface area is 413 Å². The van der Waals surface area contributed by atoms with Crippen molar-refractivity contribution in [3.63, 3.8) is 0 Å². The van der Waals surface area contributed by atoms with Crippen LogP contribution in [0.3, 0.4) is 0 Å². The molecule has 1 saturated heterocycles. The fraction of sp³-hybridized carbons (Fsp3) is 0.108. The van der Waals surface area contributed by atoms with Crippen molar-refractivity contribution in [2.45, 2.75) is 43.2 Å². The summed E-state index contributed by atoms with van der Waals surface area (Å²) in [4.78, 5) is 0. The molecule has 5 aliphatic rings. The first-order chi connectivity index (χ1) is 37.2. The lowest BCUT2D eigenvalue weighted by Gasteiger charge is -2.53. The van der Waals surface area contributed by atoms with Crippen LogP contribution in [-0.2, 0) is 10.8 Å². The van der Waals surface area contributed by atoms with E-state index in [1.807, 2.05) is 0 Å². The van der Waals surface area contributed by atoms with Gasteiger partial charge in [0.1, 0.15) is 0 Å². The molecular weight excluding hydrogens is 903 g/mol. The zero-order valence-corrected chi connectivity index (χ0v) is 39.5. The number of hydrogen-bond acceptors (Lipinski definition) is 1. The molecule has 0 aromatic heterocycles. The molecule has 75 heavy (non-hydrogen) atoms. The summed E-state index contributed by atoms with van der Waals surface area (Å²) < 4.78 is 0. The predicted octanol–water partition coefficient (Wildman–Crippen LogP) is 19.4. The van der Waals surface area contributed by atoms with Crippen LogP contribution in [0.5, 0.6) is 0 Å². The van der Waals surface area contributed by atoms with Gasteiger partial charge < -0.3 is 5.32 Å². The summed E-state index contributed by atoms with van der Waals surface area (Å²) in [5, 5.41) is 95.3. The Morgan fingerprint density at radius 1 is 0.307 bits per heavy atom. The van der Waals surface area contributed by atoms with E-state index < -0.39 is 0 Å². The van der Waals surface area contributed by atoms with Crippen LogP contribution in [0.1, 0.15) is 48.1 Å². The maximum atomic E-state index is 4.88. The summed E-state index contributed by atoms with van der Waals surface area (Å²) in [6.45, 7) is 5.09. The lowest BCUT2D eigenvalue weighted by Crippen LogP contribution is -2.56. The highest BCUT2D eigenvalue weighted by atomic mass is 15.1. The van der Waals surface area contributed by atoms with Crippen molar-refractivity contribution in [1.82, 2.24) is 5.32 Å². The third kappa shape index (κ3) is 1.66. The number of hydrogen-bond donors (Lipinski definition) is 1. The summed E-state index contributed by atoms with van der Waals surface area (Å²) >= 11 is 0. The van der Waals surface area contributed by atoms with Gasteiger partial charge >= 0.3 is 0 Å². The highest BCUT2D eigenvalue weighted by Gasteiger charge is 2.76. The molecule has 1 heteroatoms. The van der Waals surface area contributed by atoms with E-state index in [1.54, 1.807) is 313 Å². The summed E-state index contributed by atoms with van der Waals surface area (Å²) in [7, 11) is 0. The molecule has 34 rings (SSSR count). The standard InChI is InChI=1S/C74H19N/c1-11(2)10-14-74-71-65-55-45-35-27-19-16-15-17-21-23(19)31-37-29(21)39-33-25(17)26-18(15)22-24-20(16)28(27)36-42-32(24)38-30(22)40-34(26)44-43(33)53-47(39)57-51(37)59(49(55)41(31)35)67(71)63(57)69-61(53)62-54(44)48(40)58-52(38)60-50(42)56(46(36)45)66(65)72(74)68(60)64(58)70(62)73(69,74)13(75-14)9-8-12-6-4-3-5-7-12/h3-9,11,13-14,75H,10H2,1-2H3/b9-8+. The minimum absolute atomic E-state index is 0.0946. The van der Waals surface area contributed by atoms with Crippen molar-refractivity contribution in [3.05, 3.63) is 64.2 Å². The molecule has 0 amide bonds. The van der Waals surface area contributed by atoms with Gasteiger partial charge in [0.2, 0.25) is 0 Å². The Morgan fingerprint density at radius 2 is 0.520 bits per heavy atom. The van der Waals surface area contributed by atoms with Gasteiger partial charge in [0.05, 0.1) is 10.8 Å². The van der Waals surface area contributed by atoms with Gasteiger partial charge in [0.25, 0.3) is 0 Å². The van der Waals surface area contributed by atoms with E-state index in [4.69, 9.17) is 5.32 Å². The minimum Gasteiger partial charge on any atom is -0.305 e.